The molecule has 1 aromatic rings. The summed E-state index contributed by atoms with van der Waals surface area (Å²) in [6, 6.07) is 7.02. The Balaban J connectivity index is 2.61. The van der Waals surface area contributed by atoms with Crippen LogP contribution in [0.2, 0.25) is 0 Å². The molecule has 0 unspecified atom stereocenters. The standard InChI is InChI=1S/C14H20N2O3/c1-4-19-9-13(17)15-11-6-5-7-12(8-11)16-14(18)10(2)3/h5-8,10H,4,9H2,1-3H3,(H,15,17)(H,16,18). The first kappa shape index (κ1) is 15.2. The Labute approximate surface area is 113 Å². The number of carbonyl (C=O) groups excluding carboxylic acids is 2. The predicted octanol–water partition coefficient (Wildman–Crippen LogP) is 2.26. The Bertz CT molecular complexity index is 444. The molecule has 0 heterocycles. The van der Waals surface area contributed by atoms with E-state index in [-0.39, 0.29) is 24.3 Å². The van der Waals surface area contributed by atoms with Crippen molar-refractivity contribution in [3.8, 4) is 0 Å². The molecule has 1 rings (SSSR count). The monoisotopic (exact) mass is 264 g/mol. The van der Waals surface area contributed by atoms with E-state index in [1.54, 1.807) is 24.3 Å². The molecule has 0 atom stereocenters. The van der Waals surface area contributed by atoms with Crippen LogP contribution in [0.25, 0.3) is 0 Å². The summed E-state index contributed by atoms with van der Waals surface area (Å²) in [6.07, 6.45) is 0. The normalized spacial score (nSPS) is 10.3. The number of carbonyl (C=O) groups is 2. The summed E-state index contributed by atoms with van der Waals surface area (Å²) in [5.74, 6) is -0.358. The first-order valence-electron chi connectivity index (χ1n) is 6.31. The van der Waals surface area contributed by atoms with Crippen LogP contribution >= 0.6 is 0 Å². The number of ether oxygens (including phenoxy) is 1. The number of nitrogens with one attached hydrogen (secondary N) is 2. The molecule has 104 valence electrons. The van der Waals surface area contributed by atoms with Crippen molar-refractivity contribution in [2.24, 2.45) is 5.92 Å². The van der Waals surface area contributed by atoms with Gasteiger partial charge in [-0.3, -0.25) is 9.59 Å². The van der Waals surface area contributed by atoms with E-state index >= 15 is 0 Å². The van der Waals surface area contributed by atoms with Crippen molar-refractivity contribution in [2.45, 2.75) is 20.8 Å². The van der Waals surface area contributed by atoms with Crippen molar-refractivity contribution in [3.05, 3.63) is 24.3 Å². The zero-order chi connectivity index (χ0) is 14.3. The van der Waals surface area contributed by atoms with Crippen LogP contribution in [0.5, 0.6) is 0 Å². The maximum Gasteiger partial charge on any atom is 0.250 e. The quantitative estimate of drug-likeness (QED) is 0.828. The van der Waals surface area contributed by atoms with Crippen LogP contribution in [0.1, 0.15) is 20.8 Å². The molecule has 0 aliphatic rings. The maximum absolute atomic E-state index is 11.6. The molecule has 2 N–H and O–H groups in total. The lowest BCUT2D eigenvalue weighted by atomic mass is 10.2. The van der Waals surface area contributed by atoms with E-state index in [0.717, 1.165) is 0 Å². The molecular formula is C14H20N2O3. The predicted molar refractivity (Wildman–Crippen MR) is 75.0 cm³/mol. The number of anilines is 2. The van der Waals surface area contributed by atoms with Gasteiger partial charge in [-0.25, -0.2) is 0 Å². The summed E-state index contributed by atoms with van der Waals surface area (Å²) in [6.45, 7) is 6.00. The van der Waals surface area contributed by atoms with Crippen molar-refractivity contribution in [2.75, 3.05) is 23.8 Å². The summed E-state index contributed by atoms with van der Waals surface area (Å²) in [4.78, 5) is 23.1. The van der Waals surface area contributed by atoms with Crippen LogP contribution in [0, 0.1) is 5.92 Å². The van der Waals surface area contributed by atoms with Crippen molar-refractivity contribution >= 4 is 23.2 Å². The molecule has 0 aromatic heterocycles. The fourth-order valence-electron chi connectivity index (χ4n) is 1.35. The number of benzene rings is 1. The molecule has 0 aliphatic carbocycles. The summed E-state index contributed by atoms with van der Waals surface area (Å²) >= 11 is 0. The molecule has 0 saturated heterocycles. The smallest absolute Gasteiger partial charge is 0.250 e. The first-order chi connectivity index (χ1) is 9.02. The van der Waals surface area contributed by atoms with Crippen molar-refractivity contribution in [1.29, 1.82) is 0 Å². The molecule has 0 aliphatic heterocycles. The van der Waals surface area contributed by atoms with Crippen molar-refractivity contribution in [3.63, 3.8) is 0 Å². The third kappa shape index (κ3) is 5.52. The zero-order valence-electron chi connectivity index (χ0n) is 11.5. The minimum Gasteiger partial charge on any atom is -0.372 e. The van der Waals surface area contributed by atoms with Crippen LogP contribution in [0.4, 0.5) is 11.4 Å². The highest BCUT2D eigenvalue weighted by atomic mass is 16.5. The van der Waals surface area contributed by atoms with E-state index in [1.807, 2.05) is 20.8 Å². The van der Waals surface area contributed by atoms with Crippen LogP contribution in [0.3, 0.4) is 0 Å². The topological polar surface area (TPSA) is 67.4 Å². The minimum atomic E-state index is -0.214. The van der Waals surface area contributed by atoms with E-state index in [1.165, 1.54) is 0 Å². The minimum absolute atomic E-state index is 0.0269. The van der Waals surface area contributed by atoms with Gasteiger partial charge >= 0.3 is 0 Å². The fraction of sp³-hybridized carbons (Fsp3) is 0.429. The Morgan fingerprint density at radius 3 is 2.42 bits per heavy atom. The van der Waals surface area contributed by atoms with Crippen LogP contribution in [0.15, 0.2) is 24.3 Å². The summed E-state index contributed by atoms with van der Waals surface area (Å²) in [7, 11) is 0. The Hall–Kier alpha value is -1.88. The third-order valence-electron chi connectivity index (χ3n) is 2.38. The van der Waals surface area contributed by atoms with Gasteiger partial charge in [0.25, 0.3) is 0 Å². The molecule has 1 aromatic carbocycles. The highest BCUT2D eigenvalue weighted by Gasteiger charge is 2.08. The molecule has 0 saturated carbocycles. The van der Waals surface area contributed by atoms with Gasteiger partial charge in [0, 0.05) is 23.9 Å². The molecule has 2 amide bonds. The highest BCUT2D eigenvalue weighted by Crippen LogP contribution is 2.15. The third-order valence-corrected chi connectivity index (χ3v) is 2.38. The highest BCUT2D eigenvalue weighted by molar-refractivity contribution is 5.95. The summed E-state index contributed by atoms with van der Waals surface area (Å²) in [5, 5.41) is 5.48. The lowest BCUT2D eigenvalue weighted by molar-refractivity contribution is -0.120. The fourth-order valence-corrected chi connectivity index (χ4v) is 1.35. The molecule has 0 bridgehead atoms. The van der Waals surface area contributed by atoms with Gasteiger partial charge in [0.2, 0.25) is 11.8 Å². The Kier molecular flexibility index (Phi) is 6.02. The van der Waals surface area contributed by atoms with E-state index in [2.05, 4.69) is 10.6 Å². The van der Waals surface area contributed by atoms with Gasteiger partial charge in [0.15, 0.2) is 0 Å². The molecular weight excluding hydrogens is 244 g/mol. The van der Waals surface area contributed by atoms with Gasteiger partial charge in [-0.05, 0) is 25.1 Å². The van der Waals surface area contributed by atoms with Gasteiger partial charge in [0.1, 0.15) is 6.61 Å². The number of rotatable bonds is 6. The van der Waals surface area contributed by atoms with Crippen molar-refractivity contribution in [1.82, 2.24) is 0 Å². The average molecular weight is 264 g/mol. The first-order valence-corrected chi connectivity index (χ1v) is 6.31. The van der Waals surface area contributed by atoms with E-state index < -0.39 is 0 Å². The van der Waals surface area contributed by atoms with Crippen molar-refractivity contribution < 1.29 is 14.3 Å². The SMILES string of the molecule is CCOCC(=O)Nc1cccc(NC(=O)C(C)C)c1. The van der Waals surface area contributed by atoms with E-state index in [4.69, 9.17) is 4.74 Å². The van der Waals surface area contributed by atoms with Gasteiger partial charge < -0.3 is 15.4 Å². The largest absolute Gasteiger partial charge is 0.372 e. The van der Waals surface area contributed by atoms with Gasteiger partial charge in [-0.15, -0.1) is 0 Å². The summed E-state index contributed by atoms with van der Waals surface area (Å²) in [5.41, 5.74) is 1.29. The average Bonchev–Trinajstić information content (AvgIpc) is 2.36. The van der Waals surface area contributed by atoms with E-state index in [0.29, 0.717) is 18.0 Å². The van der Waals surface area contributed by atoms with Crippen LogP contribution in [-0.4, -0.2) is 25.0 Å². The molecule has 5 nitrogen and oxygen atoms in total. The molecule has 5 heteroatoms. The zero-order valence-corrected chi connectivity index (χ0v) is 11.5. The summed E-state index contributed by atoms with van der Waals surface area (Å²) < 4.78 is 5.01. The maximum atomic E-state index is 11.6. The lowest BCUT2D eigenvalue weighted by Crippen LogP contribution is -2.19. The molecule has 0 radical (unpaired) electrons. The van der Waals surface area contributed by atoms with Gasteiger partial charge in [-0.1, -0.05) is 19.9 Å². The lowest BCUT2D eigenvalue weighted by Gasteiger charge is -2.10. The van der Waals surface area contributed by atoms with Gasteiger partial charge in [0.05, 0.1) is 0 Å². The Morgan fingerprint density at radius 2 is 1.84 bits per heavy atom. The van der Waals surface area contributed by atoms with Gasteiger partial charge in [-0.2, -0.15) is 0 Å². The number of amides is 2. The van der Waals surface area contributed by atoms with Crippen LogP contribution in [-0.2, 0) is 14.3 Å². The number of hydrogen-bond donors (Lipinski definition) is 2. The molecule has 0 spiro atoms. The number of hydrogen-bond acceptors (Lipinski definition) is 3. The Morgan fingerprint density at radius 1 is 1.21 bits per heavy atom. The van der Waals surface area contributed by atoms with Crippen LogP contribution < -0.4 is 10.6 Å². The molecule has 19 heavy (non-hydrogen) atoms. The second-order valence-corrected chi connectivity index (χ2v) is 4.41. The second kappa shape index (κ2) is 7.53. The molecule has 0 fully saturated rings. The van der Waals surface area contributed by atoms with E-state index in [9.17, 15) is 9.59 Å². The second-order valence-electron chi connectivity index (χ2n) is 4.41.